The van der Waals surface area contributed by atoms with Crippen LogP contribution in [0.25, 0.3) is 0 Å². The van der Waals surface area contributed by atoms with Gasteiger partial charge in [0.15, 0.2) is 0 Å². The first-order chi connectivity index (χ1) is 5.43. The third-order valence-corrected chi connectivity index (χ3v) is 1.99. The number of hydrogen-bond donors (Lipinski definition) is 0. The molecule has 0 aliphatic rings. The lowest BCUT2D eigenvalue weighted by Gasteiger charge is -2.25. The first-order valence-electron chi connectivity index (χ1n) is 4.63. The molecule has 0 aromatic rings. The minimum Gasteiger partial charge on any atom is -0.303 e. The van der Waals surface area contributed by atoms with Crippen molar-refractivity contribution in [2.75, 3.05) is 13.6 Å². The van der Waals surface area contributed by atoms with E-state index in [1.165, 1.54) is 0 Å². The van der Waals surface area contributed by atoms with E-state index in [0.29, 0.717) is 18.4 Å². The van der Waals surface area contributed by atoms with Crippen LogP contribution in [0, 0.1) is 5.92 Å². The Morgan fingerprint density at radius 3 is 2.17 bits per heavy atom. The molecule has 2 heteroatoms. The van der Waals surface area contributed by atoms with Crippen molar-refractivity contribution in [2.24, 2.45) is 5.92 Å². The second-order valence-corrected chi connectivity index (χ2v) is 4.09. The van der Waals surface area contributed by atoms with E-state index in [2.05, 4.69) is 32.7 Å². The van der Waals surface area contributed by atoms with E-state index < -0.39 is 0 Å². The molecule has 0 aliphatic heterocycles. The molecule has 2 nitrogen and oxygen atoms in total. The van der Waals surface area contributed by atoms with Crippen molar-refractivity contribution in [3.63, 3.8) is 0 Å². The lowest BCUT2D eigenvalue weighted by Crippen LogP contribution is -2.33. The summed E-state index contributed by atoms with van der Waals surface area (Å²) in [5.41, 5.74) is 0. The van der Waals surface area contributed by atoms with Crippen LogP contribution < -0.4 is 0 Å². The van der Waals surface area contributed by atoms with E-state index in [9.17, 15) is 4.79 Å². The molecule has 12 heavy (non-hydrogen) atoms. The molecule has 0 bridgehead atoms. The van der Waals surface area contributed by atoms with E-state index in [0.717, 1.165) is 6.54 Å². The highest BCUT2D eigenvalue weighted by molar-refractivity contribution is 5.76. The number of Topliss-reactive ketones (excluding diaryl/α,β-unsaturated/α-hetero) is 1. The van der Waals surface area contributed by atoms with E-state index in [4.69, 9.17) is 0 Å². The van der Waals surface area contributed by atoms with Crippen molar-refractivity contribution in [1.29, 1.82) is 0 Å². The van der Waals surface area contributed by atoms with Gasteiger partial charge in [-0.25, -0.2) is 0 Å². The van der Waals surface area contributed by atoms with Gasteiger partial charge in [0, 0.05) is 19.0 Å². The monoisotopic (exact) mass is 171 g/mol. The number of carbonyl (C=O) groups is 1. The third-order valence-electron chi connectivity index (χ3n) is 1.99. The number of hydrogen-bond acceptors (Lipinski definition) is 2. The molecule has 0 aromatic heterocycles. The van der Waals surface area contributed by atoms with E-state index in [1.807, 2.05) is 0 Å². The standard InChI is InChI=1S/C10H21NO/c1-8(2)7-11(5)9(3)6-10(4)12/h8-9H,6-7H2,1-5H3/t9-/m0/s1. The van der Waals surface area contributed by atoms with Gasteiger partial charge in [0.25, 0.3) is 0 Å². The number of carbonyl (C=O) groups excluding carboxylic acids is 1. The van der Waals surface area contributed by atoms with Crippen LogP contribution in [0.3, 0.4) is 0 Å². The van der Waals surface area contributed by atoms with Crippen LogP contribution in [0.15, 0.2) is 0 Å². The Labute approximate surface area is 75.9 Å². The number of ketones is 1. The molecule has 72 valence electrons. The molecule has 0 heterocycles. The Kier molecular flexibility index (Phi) is 5.14. The molecule has 0 radical (unpaired) electrons. The quantitative estimate of drug-likeness (QED) is 0.630. The molecule has 0 saturated carbocycles. The zero-order chi connectivity index (χ0) is 9.72. The maximum atomic E-state index is 10.8. The fourth-order valence-electron chi connectivity index (χ4n) is 1.33. The largest absolute Gasteiger partial charge is 0.303 e. The van der Waals surface area contributed by atoms with Crippen molar-refractivity contribution in [3.8, 4) is 0 Å². The molecule has 0 unspecified atom stereocenters. The lowest BCUT2D eigenvalue weighted by molar-refractivity contribution is -0.118. The molecule has 0 aromatic carbocycles. The first-order valence-corrected chi connectivity index (χ1v) is 4.63. The molecular formula is C10H21NO. The molecule has 0 amide bonds. The molecule has 1 atom stereocenters. The molecule has 0 fully saturated rings. The smallest absolute Gasteiger partial charge is 0.131 e. The van der Waals surface area contributed by atoms with Gasteiger partial charge in [-0.15, -0.1) is 0 Å². The molecule has 0 aliphatic carbocycles. The van der Waals surface area contributed by atoms with Crippen LogP contribution in [0.1, 0.15) is 34.1 Å². The van der Waals surface area contributed by atoms with Crippen molar-refractivity contribution in [3.05, 3.63) is 0 Å². The fourth-order valence-corrected chi connectivity index (χ4v) is 1.33. The Morgan fingerprint density at radius 2 is 1.83 bits per heavy atom. The molecule has 0 saturated heterocycles. The molecule has 0 spiro atoms. The zero-order valence-electron chi connectivity index (χ0n) is 8.92. The summed E-state index contributed by atoms with van der Waals surface area (Å²) < 4.78 is 0. The molecule has 0 N–H and O–H groups in total. The second kappa shape index (κ2) is 5.31. The maximum absolute atomic E-state index is 10.8. The summed E-state index contributed by atoms with van der Waals surface area (Å²) in [6, 6.07) is 0.380. The highest BCUT2D eigenvalue weighted by Crippen LogP contribution is 2.04. The van der Waals surface area contributed by atoms with Gasteiger partial charge in [-0.1, -0.05) is 13.8 Å². The van der Waals surface area contributed by atoms with Gasteiger partial charge < -0.3 is 4.90 Å². The first kappa shape index (κ1) is 11.6. The van der Waals surface area contributed by atoms with Gasteiger partial charge in [-0.2, -0.15) is 0 Å². The Morgan fingerprint density at radius 1 is 1.33 bits per heavy atom. The third kappa shape index (κ3) is 5.30. The van der Waals surface area contributed by atoms with Crippen molar-refractivity contribution in [2.45, 2.75) is 40.2 Å². The Balaban J connectivity index is 3.76. The minimum absolute atomic E-state index is 0.276. The summed E-state index contributed by atoms with van der Waals surface area (Å²) in [6.45, 7) is 9.20. The van der Waals surface area contributed by atoms with Gasteiger partial charge in [-0.3, -0.25) is 4.79 Å². The molecular weight excluding hydrogens is 150 g/mol. The van der Waals surface area contributed by atoms with Crippen LogP contribution in [-0.4, -0.2) is 30.3 Å². The Hall–Kier alpha value is -0.370. The fraction of sp³-hybridized carbons (Fsp3) is 0.900. The highest BCUT2D eigenvalue weighted by atomic mass is 16.1. The average molecular weight is 171 g/mol. The number of rotatable bonds is 5. The summed E-state index contributed by atoms with van der Waals surface area (Å²) >= 11 is 0. The lowest BCUT2D eigenvalue weighted by atomic mass is 10.1. The van der Waals surface area contributed by atoms with Gasteiger partial charge in [0.1, 0.15) is 5.78 Å². The van der Waals surface area contributed by atoms with Gasteiger partial charge in [0.05, 0.1) is 0 Å². The van der Waals surface area contributed by atoms with Crippen LogP contribution >= 0.6 is 0 Å². The van der Waals surface area contributed by atoms with E-state index in [1.54, 1.807) is 6.92 Å². The van der Waals surface area contributed by atoms with Gasteiger partial charge in [0.2, 0.25) is 0 Å². The average Bonchev–Trinajstić information content (AvgIpc) is 1.84. The zero-order valence-corrected chi connectivity index (χ0v) is 8.92. The van der Waals surface area contributed by atoms with Crippen molar-refractivity contribution >= 4 is 5.78 Å². The summed E-state index contributed by atoms with van der Waals surface area (Å²) in [6.07, 6.45) is 0.670. The summed E-state index contributed by atoms with van der Waals surface area (Å²) in [5.74, 6) is 0.947. The SMILES string of the molecule is CC(=O)C[C@H](C)N(C)CC(C)C. The summed E-state index contributed by atoms with van der Waals surface area (Å²) in [4.78, 5) is 13.1. The van der Waals surface area contributed by atoms with Crippen molar-refractivity contribution < 1.29 is 4.79 Å². The maximum Gasteiger partial charge on any atom is 0.131 e. The number of nitrogens with zero attached hydrogens (tertiary/aromatic N) is 1. The second-order valence-electron chi connectivity index (χ2n) is 4.09. The van der Waals surface area contributed by atoms with Crippen LogP contribution in [0.4, 0.5) is 0 Å². The van der Waals surface area contributed by atoms with Crippen LogP contribution in [-0.2, 0) is 4.79 Å². The predicted octanol–water partition coefficient (Wildman–Crippen LogP) is 1.94. The predicted molar refractivity (Wildman–Crippen MR) is 52.2 cm³/mol. The topological polar surface area (TPSA) is 20.3 Å². The summed E-state index contributed by atoms with van der Waals surface area (Å²) in [7, 11) is 2.08. The van der Waals surface area contributed by atoms with Crippen LogP contribution in [0.5, 0.6) is 0 Å². The normalized spacial score (nSPS) is 13.9. The van der Waals surface area contributed by atoms with Gasteiger partial charge in [-0.05, 0) is 26.8 Å². The Bertz CT molecular complexity index is 143. The van der Waals surface area contributed by atoms with Crippen molar-refractivity contribution in [1.82, 2.24) is 4.90 Å². The highest BCUT2D eigenvalue weighted by Gasteiger charge is 2.11. The van der Waals surface area contributed by atoms with Crippen LogP contribution in [0.2, 0.25) is 0 Å². The van der Waals surface area contributed by atoms with E-state index in [-0.39, 0.29) is 5.78 Å². The van der Waals surface area contributed by atoms with E-state index >= 15 is 0 Å². The summed E-state index contributed by atoms with van der Waals surface area (Å²) in [5, 5.41) is 0. The van der Waals surface area contributed by atoms with Gasteiger partial charge >= 0.3 is 0 Å². The molecule has 0 rings (SSSR count). The minimum atomic E-state index is 0.276.